The first-order chi connectivity index (χ1) is 9.72. The van der Waals surface area contributed by atoms with E-state index in [2.05, 4.69) is 66.4 Å². The van der Waals surface area contributed by atoms with Gasteiger partial charge >= 0.3 is 0 Å². The highest BCUT2D eigenvalue weighted by Gasteiger charge is 2.17. The average molecular weight is 289 g/mol. The van der Waals surface area contributed by atoms with Gasteiger partial charge in [0, 0.05) is 24.0 Å². The van der Waals surface area contributed by atoms with Crippen LogP contribution in [0.2, 0.25) is 0 Å². The number of benzene rings is 1. The molecular weight excluding hydrogens is 266 g/mol. The summed E-state index contributed by atoms with van der Waals surface area (Å²) in [5.41, 5.74) is 4.44. The smallest absolute Gasteiger partial charge is 0.0798 e. The van der Waals surface area contributed by atoms with Crippen LogP contribution in [0.25, 0.3) is 0 Å². The third kappa shape index (κ3) is 3.88. The number of hydrogen-bond donors (Lipinski definition) is 1. The fraction of sp³-hybridized carbons (Fsp3) is 0.438. The Labute approximate surface area is 125 Å². The van der Waals surface area contributed by atoms with E-state index in [1.54, 1.807) is 11.3 Å². The first-order valence-electron chi connectivity index (χ1n) is 7.07. The fourth-order valence-electron chi connectivity index (χ4n) is 2.30. The summed E-state index contributed by atoms with van der Waals surface area (Å²) in [6, 6.07) is 11.1. The van der Waals surface area contributed by atoms with Crippen LogP contribution in [0.5, 0.6) is 0 Å². The van der Waals surface area contributed by atoms with Crippen LogP contribution in [-0.2, 0) is 6.54 Å². The van der Waals surface area contributed by atoms with Gasteiger partial charge in [-0.05, 0) is 26.1 Å². The summed E-state index contributed by atoms with van der Waals surface area (Å²) in [5, 5.41) is 3.47. The number of aromatic nitrogens is 1. The molecule has 2 aromatic rings. The van der Waals surface area contributed by atoms with Crippen molar-refractivity contribution >= 4 is 11.3 Å². The normalized spacial score (nSPS) is 12.8. The second-order valence-corrected chi connectivity index (χ2v) is 5.95. The maximum Gasteiger partial charge on any atom is 0.0798 e. The van der Waals surface area contributed by atoms with Crippen molar-refractivity contribution in [2.75, 3.05) is 20.1 Å². The first-order valence-corrected chi connectivity index (χ1v) is 7.95. The van der Waals surface area contributed by atoms with Crippen LogP contribution in [-0.4, -0.2) is 30.0 Å². The molecule has 0 aliphatic carbocycles. The summed E-state index contributed by atoms with van der Waals surface area (Å²) in [4.78, 5) is 8.09. The fourth-order valence-corrected chi connectivity index (χ4v) is 3.14. The molecule has 4 heteroatoms. The predicted molar refractivity (Wildman–Crippen MR) is 86.0 cm³/mol. The van der Waals surface area contributed by atoms with Gasteiger partial charge in [-0.15, -0.1) is 11.3 Å². The Bertz CT molecular complexity index is 509. The molecule has 0 saturated carbocycles. The van der Waals surface area contributed by atoms with E-state index in [-0.39, 0.29) is 0 Å². The van der Waals surface area contributed by atoms with Gasteiger partial charge in [0.2, 0.25) is 0 Å². The lowest BCUT2D eigenvalue weighted by Crippen LogP contribution is -2.33. The number of rotatable bonds is 7. The number of nitrogens with one attached hydrogen (secondary N) is 1. The van der Waals surface area contributed by atoms with Crippen LogP contribution >= 0.6 is 11.3 Å². The maximum atomic E-state index is 4.34. The molecule has 0 amide bonds. The zero-order valence-electron chi connectivity index (χ0n) is 12.5. The van der Waals surface area contributed by atoms with Gasteiger partial charge in [0.15, 0.2) is 0 Å². The molecule has 0 spiro atoms. The number of aryl methyl sites for hydroxylation is 1. The second-order valence-electron chi connectivity index (χ2n) is 5.01. The molecule has 1 aromatic heterocycles. The van der Waals surface area contributed by atoms with Crippen molar-refractivity contribution in [3.8, 4) is 0 Å². The van der Waals surface area contributed by atoms with E-state index >= 15 is 0 Å². The van der Waals surface area contributed by atoms with Crippen LogP contribution in [0.3, 0.4) is 0 Å². The van der Waals surface area contributed by atoms with Gasteiger partial charge in [-0.1, -0.05) is 37.3 Å². The van der Waals surface area contributed by atoms with Crippen LogP contribution in [0.15, 0.2) is 35.8 Å². The topological polar surface area (TPSA) is 28.2 Å². The molecule has 1 aromatic carbocycles. The van der Waals surface area contributed by atoms with Crippen molar-refractivity contribution in [3.63, 3.8) is 0 Å². The van der Waals surface area contributed by atoms with E-state index in [0.717, 1.165) is 25.3 Å². The summed E-state index contributed by atoms with van der Waals surface area (Å²) < 4.78 is 0. The third-order valence-corrected chi connectivity index (χ3v) is 4.46. The predicted octanol–water partition coefficient (Wildman–Crippen LogP) is 3.23. The summed E-state index contributed by atoms with van der Waals surface area (Å²) >= 11 is 1.74. The largest absolute Gasteiger partial charge is 0.315 e. The molecule has 1 N–H and O–H groups in total. The Kier molecular flexibility index (Phi) is 5.71. The van der Waals surface area contributed by atoms with Crippen molar-refractivity contribution in [1.29, 1.82) is 0 Å². The molecule has 1 unspecified atom stereocenters. The van der Waals surface area contributed by atoms with Crippen LogP contribution in [0.1, 0.15) is 29.1 Å². The highest BCUT2D eigenvalue weighted by atomic mass is 32.1. The summed E-state index contributed by atoms with van der Waals surface area (Å²) in [7, 11) is 2.19. The minimum Gasteiger partial charge on any atom is -0.315 e. The molecule has 3 nitrogen and oxygen atoms in total. The molecule has 0 bridgehead atoms. The molecule has 20 heavy (non-hydrogen) atoms. The van der Waals surface area contributed by atoms with E-state index in [4.69, 9.17) is 0 Å². The highest BCUT2D eigenvalue weighted by molar-refractivity contribution is 7.09. The lowest BCUT2D eigenvalue weighted by atomic mass is 10.1. The van der Waals surface area contributed by atoms with Gasteiger partial charge in [0.25, 0.3) is 0 Å². The Balaban J connectivity index is 2.12. The van der Waals surface area contributed by atoms with Gasteiger partial charge in [-0.3, -0.25) is 4.90 Å². The van der Waals surface area contributed by atoms with E-state index < -0.39 is 0 Å². The van der Waals surface area contributed by atoms with E-state index in [9.17, 15) is 0 Å². The van der Waals surface area contributed by atoms with E-state index in [1.165, 1.54) is 10.4 Å². The Morgan fingerprint density at radius 2 is 2.05 bits per heavy atom. The molecule has 0 fully saturated rings. The van der Waals surface area contributed by atoms with Crippen molar-refractivity contribution in [2.24, 2.45) is 0 Å². The molecule has 108 valence electrons. The Hall–Kier alpha value is -1.23. The molecule has 0 radical (unpaired) electrons. The average Bonchev–Trinajstić information content (AvgIpc) is 2.86. The molecule has 2 rings (SSSR count). The molecule has 0 saturated heterocycles. The monoisotopic (exact) mass is 289 g/mol. The summed E-state index contributed by atoms with van der Waals surface area (Å²) in [6.45, 7) is 7.14. The van der Waals surface area contributed by atoms with Crippen molar-refractivity contribution in [3.05, 3.63) is 52.0 Å². The lowest BCUT2D eigenvalue weighted by Gasteiger charge is -2.28. The lowest BCUT2D eigenvalue weighted by molar-refractivity contribution is 0.232. The SMILES string of the molecule is CCNCC(c1ccccc1)N(C)Cc1scnc1C. The molecule has 1 atom stereocenters. The van der Waals surface area contributed by atoms with E-state index in [1.807, 2.05) is 5.51 Å². The van der Waals surface area contributed by atoms with Crippen LogP contribution in [0, 0.1) is 6.92 Å². The van der Waals surface area contributed by atoms with E-state index in [0.29, 0.717) is 6.04 Å². The van der Waals surface area contributed by atoms with Gasteiger partial charge in [-0.2, -0.15) is 0 Å². The first kappa shape index (κ1) is 15.2. The Morgan fingerprint density at radius 3 is 2.65 bits per heavy atom. The Morgan fingerprint density at radius 1 is 1.30 bits per heavy atom. The summed E-state index contributed by atoms with van der Waals surface area (Å²) in [6.07, 6.45) is 0. The highest BCUT2D eigenvalue weighted by Crippen LogP contribution is 2.23. The molecule has 1 heterocycles. The van der Waals surface area contributed by atoms with Crippen molar-refractivity contribution in [2.45, 2.75) is 26.4 Å². The quantitative estimate of drug-likeness (QED) is 0.848. The van der Waals surface area contributed by atoms with Crippen molar-refractivity contribution < 1.29 is 0 Å². The number of hydrogen-bond acceptors (Lipinski definition) is 4. The standard InChI is InChI=1S/C16H23N3S/c1-4-17-10-15(14-8-6-5-7-9-14)19(3)11-16-13(2)18-12-20-16/h5-9,12,15,17H,4,10-11H2,1-3H3. The zero-order chi connectivity index (χ0) is 14.4. The minimum absolute atomic E-state index is 0.387. The maximum absolute atomic E-state index is 4.34. The van der Waals surface area contributed by atoms with Gasteiger partial charge in [0.1, 0.15) is 0 Å². The van der Waals surface area contributed by atoms with Gasteiger partial charge in [0.05, 0.1) is 11.2 Å². The van der Waals surface area contributed by atoms with Gasteiger partial charge < -0.3 is 5.32 Å². The van der Waals surface area contributed by atoms with Crippen LogP contribution in [0.4, 0.5) is 0 Å². The third-order valence-electron chi connectivity index (χ3n) is 3.54. The van der Waals surface area contributed by atoms with Gasteiger partial charge in [-0.25, -0.2) is 4.98 Å². The summed E-state index contributed by atoms with van der Waals surface area (Å²) in [5.74, 6) is 0. The number of likely N-dealkylation sites (N-methyl/N-ethyl adjacent to an activating group) is 2. The molecule has 0 aliphatic heterocycles. The number of nitrogens with zero attached hydrogens (tertiary/aromatic N) is 2. The van der Waals surface area contributed by atoms with Crippen LogP contribution < -0.4 is 5.32 Å². The number of thiazole rings is 1. The molecule has 0 aliphatic rings. The zero-order valence-corrected chi connectivity index (χ0v) is 13.3. The minimum atomic E-state index is 0.387. The second kappa shape index (κ2) is 7.53. The van der Waals surface area contributed by atoms with Crippen molar-refractivity contribution in [1.82, 2.24) is 15.2 Å². The molecular formula is C16H23N3S.